The van der Waals surface area contributed by atoms with E-state index in [1.54, 1.807) is 0 Å². The molecule has 1 aromatic heterocycles. The van der Waals surface area contributed by atoms with E-state index in [4.69, 9.17) is 5.11 Å². The molecule has 0 aliphatic heterocycles. The van der Waals surface area contributed by atoms with Gasteiger partial charge in [-0.05, 0) is 0 Å². The monoisotopic (exact) mass is 266 g/mol. The standard InChI is InChI=1S/C10H7F5N2O/c11-5-1-7-8(2-6(5)12)17(4-16-7)3-9(18)10(13,14)15/h1-2,4,9,18H,3H2/t9-/m0/s1. The highest BCUT2D eigenvalue weighted by atomic mass is 19.4. The lowest BCUT2D eigenvalue weighted by Crippen LogP contribution is -2.32. The van der Waals surface area contributed by atoms with Gasteiger partial charge in [0.2, 0.25) is 0 Å². The molecule has 0 radical (unpaired) electrons. The van der Waals surface area contributed by atoms with Crippen LogP contribution in [0.25, 0.3) is 11.0 Å². The summed E-state index contributed by atoms with van der Waals surface area (Å²) in [5, 5.41) is 8.90. The van der Waals surface area contributed by atoms with Crippen LogP contribution in [0.4, 0.5) is 22.0 Å². The number of alkyl halides is 3. The van der Waals surface area contributed by atoms with Gasteiger partial charge in [0.25, 0.3) is 0 Å². The Morgan fingerprint density at radius 2 is 1.83 bits per heavy atom. The quantitative estimate of drug-likeness (QED) is 0.846. The number of benzene rings is 1. The van der Waals surface area contributed by atoms with Crippen LogP contribution in [0.5, 0.6) is 0 Å². The number of nitrogens with zero attached hydrogens (tertiary/aromatic N) is 2. The summed E-state index contributed by atoms with van der Waals surface area (Å²) in [4.78, 5) is 3.63. The fourth-order valence-electron chi connectivity index (χ4n) is 1.49. The van der Waals surface area contributed by atoms with E-state index in [9.17, 15) is 22.0 Å². The molecule has 0 spiro atoms. The summed E-state index contributed by atoms with van der Waals surface area (Å²) in [6.45, 7) is -0.828. The molecule has 0 aliphatic rings. The van der Waals surface area contributed by atoms with Crippen molar-refractivity contribution in [3.63, 3.8) is 0 Å². The zero-order chi connectivity index (χ0) is 13.5. The number of aliphatic hydroxyl groups is 1. The lowest BCUT2D eigenvalue weighted by atomic mass is 10.2. The molecule has 98 valence electrons. The SMILES string of the molecule is O[C@@H](Cn1cnc2cc(F)c(F)cc21)C(F)(F)F. The van der Waals surface area contributed by atoms with Gasteiger partial charge in [-0.1, -0.05) is 0 Å². The number of rotatable bonds is 2. The molecule has 1 aromatic carbocycles. The normalized spacial score (nSPS) is 14.1. The molecule has 1 heterocycles. The van der Waals surface area contributed by atoms with Gasteiger partial charge in [-0.2, -0.15) is 13.2 Å². The lowest BCUT2D eigenvalue weighted by Gasteiger charge is -2.15. The molecule has 0 saturated heterocycles. The van der Waals surface area contributed by atoms with Gasteiger partial charge in [0.1, 0.15) is 0 Å². The van der Waals surface area contributed by atoms with E-state index in [-0.39, 0.29) is 11.0 Å². The fourth-order valence-corrected chi connectivity index (χ4v) is 1.49. The van der Waals surface area contributed by atoms with Gasteiger partial charge in [0.05, 0.1) is 23.9 Å². The molecule has 1 N–H and O–H groups in total. The highest BCUT2D eigenvalue weighted by Gasteiger charge is 2.38. The second-order valence-corrected chi connectivity index (χ2v) is 3.71. The molecule has 0 aliphatic carbocycles. The predicted octanol–water partition coefficient (Wildman–Crippen LogP) is 2.24. The van der Waals surface area contributed by atoms with Gasteiger partial charge in [0, 0.05) is 12.1 Å². The van der Waals surface area contributed by atoms with Gasteiger partial charge in [-0.15, -0.1) is 0 Å². The maximum absolute atomic E-state index is 13.0. The Kier molecular flexibility index (Phi) is 2.97. The Morgan fingerprint density at radius 3 is 2.44 bits per heavy atom. The molecule has 0 unspecified atom stereocenters. The van der Waals surface area contributed by atoms with E-state index in [0.717, 1.165) is 23.0 Å². The van der Waals surface area contributed by atoms with Crippen LogP contribution in [0.3, 0.4) is 0 Å². The first-order chi connectivity index (χ1) is 8.29. The topological polar surface area (TPSA) is 38.0 Å². The van der Waals surface area contributed by atoms with Gasteiger partial charge in [-0.3, -0.25) is 0 Å². The predicted molar refractivity (Wildman–Crippen MR) is 51.7 cm³/mol. The molecule has 8 heteroatoms. The third-order valence-corrected chi connectivity index (χ3v) is 2.41. The van der Waals surface area contributed by atoms with Gasteiger partial charge in [0.15, 0.2) is 17.7 Å². The Bertz CT molecular complexity index is 577. The van der Waals surface area contributed by atoms with Crippen LogP contribution in [0.2, 0.25) is 0 Å². The first-order valence-corrected chi connectivity index (χ1v) is 4.83. The highest BCUT2D eigenvalue weighted by molar-refractivity contribution is 5.75. The molecule has 18 heavy (non-hydrogen) atoms. The molecule has 0 saturated carbocycles. The largest absolute Gasteiger partial charge is 0.416 e. The first-order valence-electron chi connectivity index (χ1n) is 4.83. The second kappa shape index (κ2) is 4.20. The van der Waals surface area contributed by atoms with Crippen molar-refractivity contribution in [3.8, 4) is 0 Å². The Morgan fingerprint density at radius 1 is 1.22 bits per heavy atom. The summed E-state index contributed by atoms with van der Waals surface area (Å²) >= 11 is 0. The van der Waals surface area contributed by atoms with Crippen molar-refractivity contribution >= 4 is 11.0 Å². The summed E-state index contributed by atoms with van der Waals surface area (Å²) in [6.07, 6.45) is -6.39. The second-order valence-electron chi connectivity index (χ2n) is 3.71. The van der Waals surface area contributed by atoms with Crippen molar-refractivity contribution in [2.75, 3.05) is 0 Å². The van der Waals surface area contributed by atoms with Crippen LogP contribution in [0.1, 0.15) is 0 Å². The zero-order valence-corrected chi connectivity index (χ0v) is 8.75. The summed E-state index contributed by atoms with van der Waals surface area (Å²) in [6, 6.07) is 1.52. The number of fused-ring (bicyclic) bond motifs is 1. The number of hydrogen-bond donors (Lipinski definition) is 1. The summed E-state index contributed by atoms with van der Waals surface area (Å²) < 4.78 is 63.2. The minimum Gasteiger partial charge on any atom is -0.382 e. The van der Waals surface area contributed by atoms with Crippen LogP contribution in [0, 0.1) is 11.6 Å². The Balaban J connectivity index is 2.38. The van der Waals surface area contributed by atoms with Crippen LogP contribution >= 0.6 is 0 Å². The third kappa shape index (κ3) is 2.28. The number of halogens is 5. The van der Waals surface area contributed by atoms with Crippen molar-refractivity contribution in [3.05, 3.63) is 30.1 Å². The Hall–Kier alpha value is -1.70. The summed E-state index contributed by atoms with van der Waals surface area (Å²) in [5.41, 5.74) is 0.000439. The fraction of sp³-hybridized carbons (Fsp3) is 0.300. The van der Waals surface area contributed by atoms with E-state index < -0.39 is 30.5 Å². The number of aliphatic hydroxyl groups excluding tert-OH is 1. The van der Waals surface area contributed by atoms with Crippen molar-refractivity contribution in [2.45, 2.75) is 18.8 Å². The van der Waals surface area contributed by atoms with Gasteiger partial charge in [-0.25, -0.2) is 13.8 Å². The van der Waals surface area contributed by atoms with Crippen LogP contribution in [0.15, 0.2) is 18.5 Å². The van der Waals surface area contributed by atoms with Crippen molar-refractivity contribution in [1.82, 2.24) is 9.55 Å². The number of hydrogen-bond acceptors (Lipinski definition) is 2. The minimum absolute atomic E-state index is 0.0165. The summed E-state index contributed by atoms with van der Waals surface area (Å²) in [5.74, 6) is -2.32. The highest BCUT2D eigenvalue weighted by Crippen LogP contribution is 2.23. The Labute approximate surface area is 97.5 Å². The van der Waals surface area contributed by atoms with Crippen LogP contribution < -0.4 is 0 Å². The average Bonchev–Trinajstić information content (AvgIpc) is 2.61. The maximum atomic E-state index is 13.0. The third-order valence-electron chi connectivity index (χ3n) is 2.41. The smallest absolute Gasteiger partial charge is 0.382 e. The van der Waals surface area contributed by atoms with Gasteiger partial charge < -0.3 is 9.67 Å². The van der Waals surface area contributed by atoms with E-state index >= 15 is 0 Å². The molecule has 0 fully saturated rings. The molecule has 3 nitrogen and oxygen atoms in total. The molecular formula is C10H7F5N2O. The zero-order valence-electron chi connectivity index (χ0n) is 8.75. The number of imidazole rings is 1. The van der Waals surface area contributed by atoms with Crippen LogP contribution in [-0.2, 0) is 6.54 Å². The van der Waals surface area contributed by atoms with E-state index in [1.807, 2.05) is 0 Å². The maximum Gasteiger partial charge on any atom is 0.416 e. The molecule has 0 bridgehead atoms. The number of aromatic nitrogens is 2. The van der Waals surface area contributed by atoms with Gasteiger partial charge >= 0.3 is 6.18 Å². The van der Waals surface area contributed by atoms with Crippen molar-refractivity contribution in [1.29, 1.82) is 0 Å². The molecular weight excluding hydrogens is 259 g/mol. The summed E-state index contributed by atoms with van der Waals surface area (Å²) in [7, 11) is 0. The molecule has 1 atom stereocenters. The molecule has 0 amide bonds. The average molecular weight is 266 g/mol. The minimum atomic E-state index is -4.78. The van der Waals surface area contributed by atoms with Crippen LogP contribution in [-0.4, -0.2) is 26.9 Å². The molecule has 2 aromatic rings. The van der Waals surface area contributed by atoms with Crippen molar-refractivity contribution < 1.29 is 27.1 Å². The van der Waals surface area contributed by atoms with Crippen molar-refractivity contribution in [2.24, 2.45) is 0 Å². The van der Waals surface area contributed by atoms with E-state index in [2.05, 4.69) is 4.98 Å². The molecule has 2 rings (SSSR count). The van der Waals surface area contributed by atoms with E-state index in [1.165, 1.54) is 0 Å². The lowest BCUT2D eigenvalue weighted by molar-refractivity contribution is -0.207. The first kappa shape index (κ1) is 12.7. The van der Waals surface area contributed by atoms with E-state index in [0.29, 0.717) is 0 Å².